The maximum absolute atomic E-state index is 15.3. The van der Waals surface area contributed by atoms with Crippen LogP contribution in [0.15, 0.2) is 119 Å². The van der Waals surface area contributed by atoms with Crippen LogP contribution in [0.5, 0.6) is 0 Å². The number of benzene rings is 4. The summed E-state index contributed by atoms with van der Waals surface area (Å²) in [4.78, 5) is 44.0. The molecule has 1 atom stereocenters. The number of nitro benzene ring substituents is 1. The number of nitrogens with zero attached hydrogens (tertiary/aromatic N) is 4. The second kappa shape index (κ2) is 12.2. The minimum Gasteiger partial charge on any atom is -0.326 e. The molecule has 4 aromatic carbocycles. The molecule has 0 amide bonds. The van der Waals surface area contributed by atoms with Crippen LogP contribution in [-0.4, -0.2) is 19.8 Å². The van der Waals surface area contributed by atoms with Gasteiger partial charge in [-0.05, 0) is 67.7 Å². The lowest BCUT2D eigenvalue weighted by molar-refractivity contribution is -0.385. The first-order valence-electron chi connectivity index (χ1n) is 16.3. The fraction of sp³-hybridized carbons (Fsp3) is 0.225. The number of carbonyl (C=O) groups is 1. The van der Waals surface area contributed by atoms with E-state index >= 15 is 4.79 Å². The van der Waals surface area contributed by atoms with Gasteiger partial charge in [0.1, 0.15) is 5.82 Å². The first-order chi connectivity index (χ1) is 23.4. The number of anilines is 1. The molecule has 0 radical (unpaired) electrons. The second-order valence-electron chi connectivity index (χ2n) is 13.8. The van der Waals surface area contributed by atoms with Gasteiger partial charge in [0.25, 0.3) is 11.2 Å². The summed E-state index contributed by atoms with van der Waals surface area (Å²) in [7, 11) is 0. The summed E-state index contributed by atoms with van der Waals surface area (Å²) in [5.41, 5.74) is 5.14. The van der Waals surface area contributed by atoms with Crippen molar-refractivity contribution in [2.45, 2.75) is 53.0 Å². The van der Waals surface area contributed by atoms with Crippen LogP contribution in [0.3, 0.4) is 0 Å². The van der Waals surface area contributed by atoms with Gasteiger partial charge >= 0.3 is 0 Å². The van der Waals surface area contributed by atoms with Crippen LogP contribution < -0.4 is 10.5 Å². The van der Waals surface area contributed by atoms with Crippen molar-refractivity contribution in [3.05, 3.63) is 167 Å². The maximum Gasteiger partial charge on any atom is 0.273 e. The van der Waals surface area contributed by atoms with E-state index in [1.165, 1.54) is 10.6 Å². The Morgan fingerprint density at radius 2 is 1.37 bits per heavy atom. The largest absolute Gasteiger partial charge is 0.326 e. The zero-order valence-electron chi connectivity index (χ0n) is 27.8. The number of ketones is 1. The van der Waals surface area contributed by atoms with Crippen molar-refractivity contribution >= 4 is 29.5 Å². The number of Topliss-reactive ketones (excluding diaryl/α,β-unsaturated/α-hetero) is 1. The molecule has 8 nitrogen and oxygen atoms in total. The minimum atomic E-state index is -1.00. The average molecular weight is 669 g/mol. The molecule has 0 fully saturated rings. The second-order valence-corrected chi connectivity index (χ2v) is 14.2. The first-order valence-corrected chi connectivity index (χ1v) is 16.7. The number of hydrogen-bond acceptors (Lipinski definition) is 6. The smallest absolute Gasteiger partial charge is 0.273 e. The fourth-order valence-electron chi connectivity index (χ4n) is 7.27. The Labute approximate surface area is 289 Å². The summed E-state index contributed by atoms with van der Waals surface area (Å²) in [6.07, 6.45) is 0.778. The monoisotopic (exact) mass is 668 g/mol. The van der Waals surface area contributed by atoms with E-state index in [9.17, 15) is 14.9 Å². The molecule has 1 aliphatic carbocycles. The number of hydrogen-bond donors (Lipinski definition) is 0. The number of nitro groups is 1. The third kappa shape index (κ3) is 5.64. The van der Waals surface area contributed by atoms with Gasteiger partial charge in [0.15, 0.2) is 10.6 Å². The number of para-hydroxylation sites is 1. The van der Waals surface area contributed by atoms with Crippen LogP contribution in [0.4, 0.5) is 11.5 Å². The van der Waals surface area contributed by atoms with Crippen LogP contribution >= 0.6 is 12.2 Å². The molecule has 246 valence electrons. The van der Waals surface area contributed by atoms with Gasteiger partial charge in [-0.3, -0.25) is 28.8 Å². The molecule has 9 heteroatoms. The van der Waals surface area contributed by atoms with Gasteiger partial charge < -0.3 is 4.90 Å². The van der Waals surface area contributed by atoms with Crippen molar-refractivity contribution in [3.8, 4) is 11.4 Å². The highest BCUT2D eigenvalue weighted by molar-refractivity contribution is 7.71. The van der Waals surface area contributed by atoms with Crippen LogP contribution in [0.1, 0.15) is 60.4 Å². The topological polar surface area (TPSA) is 90.4 Å². The van der Waals surface area contributed by atoms with E-state index in [0.717, 1.165) is 28.1 Å². The van der Waals surface area contributed by atoms with Gasteiger partial charge in [-0.25, -0.2) is 0 Å². The summed E-state index contributed by atoms with van der Waals surface area (Å²) in [5, 5.41) is 12.6. The molecule has 2 heterocycles. The molecule has 49 heavy (non-hydrogen) atoms. The molecule has 0 spiro atoms. The minimum absolute atomic E-state index is 0.122. The predicted octanol–water partition coefficient (Wildman–Crippen LogP) is 8.68. The highest BCUT2D eigenvalue weighted by Crippen LogP contribution is 2.52. The standard InChI is InChI=1S/C40H36N4O4S/c1-25-14-18-28(19-15-25)42-37-36(38(46)43(39(42)49)29-20-16-26(2)17-21-29)34(30-12-8-9-13-31(30)44(47)48)35-32(22-40(3,4)23-33(35)45)41(37)24-27-10-6-5-7-11-27/h5-21,34H,22-24H2,1-4H3. The molecule has 0 bridgehead atoms. The van der Waals surface area contributed by atoms with Gasteiger partial charge in [-0.15, -0.1) is 0 Å². The lowest BCUT2D eigenvalue weighted by Crippen LogP contribution is -2.44. The Bertz CT molecular complexity index is 2280. The van der Waals surface area contributed by atoms with Crippen molar-refractivity contribution in [3.63, 3.8) is 0 Å². The number of fused-ring (bicyclic) bond motifs is 1. The Morgan fingerprint density at radius 1 is 0.796 bits per heavy atom. The van der Waals surface area contributed by atoms with Crippen molar-refractivity contribution in [1.29, 1.82) is 0 Å². The molecule has 0 saturated heterocycles. The molecular weight excluding hydrogens is 633 g/mol. The molecule has 5 aromatic rings. The summed E-state index contributed by atoms with van der Waals surface area (Å²) >= 11 is 6.26. The number of rotatable bonds is 6. The highest BCUT2D eigenvalue weighted by atomic mass is 32.1. The predicted molar refractivity (Wildman–Crippen MR) is 194 cm³/mol. The summed E-state index contributed by atoms with van der Waals surface area (Å²) in [6.45, 7) is 8.45. The molecule has 1 aliphatic heterocycles. The molecule has 1 unspecified atom stereocenters. The molecular formula is C40H36N4O4S. The van der Waals surface area contributed by atoms with E-state index in [4.69, 9.17) is 12.2 Å². The lowest BCUT2D eigenvalue weighted by atomic mass is 9.68. The normalized spacial score (nSPS) is 16.7. The number of aromatic nitrogens is 2. The molecule has 2 aliphatic rings. The Kier molecular flexibility index (Phi) is 8.03. The molecule has 0 N–H and O–H groups in total. The van der Waals surface area contributed by atoms with Crippen LogP contribution in [-0.2, 0) is 11.3 Å². The van der Waals surface area contributed by atoms with E-state index in [1.54, 1.807) is 18.2 Å². The van der Waals surface area contributed by atoms with Crippen LogP contribution in [0, 0.1) is 34.1 Å². The lowest BCUT2D eigenvalue weighted by Gasteiger charge is -2.45. The van der Waals surface area contributed by atoms with E-state index in [2.05, 4.69) is 18.7 Å². The van der Waals surface area contributed by atoms with Crippen molar-refractivity contribution < 1.29 is 9.72 Å². The van der Waals surface area contributed by atoms with E-state index < -0.39 is 21.8 Å². The Morgan fingerprint density at radius 3 is 1.98 bits per heavy atom. The zero-order chi connectivity index (χ0) is 34.6. The quantitative estimate of drug-likeness (QED) is 0.102. The van der Waals surface area contributed by atoms with Crippen molar-refractivity contribution in [2.75, 3.05) is 4.90 Å². The average Bonchev–Trinajstić information content (AvgIpc) is 3.07. The van der Waals surface area contributed by atoms with Gasteiger partial charge in [0.05, 0.1) is 22.1 Å². The molecule has 1 aromatic heterocycles. The van der Waals surface area contributed by atoms with Crippen LogP contribution in [0.25, 0.3) is 11.4 Å². The van der Waals surface area contributed by atoms with E-state index in [0.29, 0.717) is 35.6 Å². The third-order valence-electron chi connectivity index (χ3n) is 9.54. The van der Waals surface area contributed by atoms with E-state index in [-0.39, 0.29) is 28.2 Å². The number of carbonyl (C=O) groups excluding carboxylic acids is 1. The molecule has 0 saturated carbocycles. The fourth-order valence-corrected chi connectivity index (χ4v) is 7.65. The van der Waals surface area contributed by atoms with Gasteiger partial charge in [-0.2, -0.15) is 0 Å². The SMILES string of the molecule is Cc1ccc(-n2c3c(c(=O)n(-c4ccc(C)cc4)c2=S)C(c2ccccc2[N+](=O)[O-])C2=C(CC(C)(C)CC2=O)N3Cc2ccccc2)cc1. The summed E-state index contributed by atoms with van der Waals surface area (Å²) in [5.74, 6) is -0.610. The number of allylic oxidation sites excluding steroid dienone is 2. The summed E-state index contributed by atoms with van der Waals surface area (Å²) in [6, 6.07) is 31.8. The Hall–Kier alpha value is -5.41. The van der Waals surface area contributed by atoms with Gasteiger partial charge in [-0.1, -0.05) is 97.8 Å². The zero-order valence-corrected chi connectivity index (χ0v) is 28.7. The highest BCUT2D eigenvalue weighted by Gasteiger charge is 2.47. The third-order valence-corrected chi connectivity index (χ3v) is 9.90. The van der Waals surface area contributed by atoms with Gasteiger partial charge in [0, 0.05) is 41.6 Å². The number of aryl methyl sites for hydroxylation is 2. The van der Waals surface area contributed by atoms with Crippen LogP contribution in [0.2, 0.25) is 0 Å². The van der Waals surface area contributed by atoms with Crippen molar-refractivity contribution in [1.82, 2.24) is 9.13 Å². The van der Waals surface area contributed by atoms with Crippen molar-refractivity contribution in [2.24, 2.45) is 5.41 Å². The first kappa shape index (κ1) is 32.2. The van der Waals surface area contributed by atoms with Gasteiger partial charge in [0.2, 0.25) is 0 Å². The molecule has 7 rings (SSSR count). The van der Waals surface area contributed by atoms with E-state index in [1.807, 2.05) is 97.3 Å². The summed E-state index contributed by atoms with van der Waals surface area (Å²) < 4.78 is 3.66. The maximum atomic E-state index is 15.3. The Balaban J connectivity index is 1.69.